The highest BCUT2D eigenvalue weighted by atomic mass is 32.2. The third kappa shape index (κ3) is 4.24. The maximum absolute atomic E-state index is 12.8. The molecule has 0 unspecified atom stereocenters. The average Bonchev–Trinajstić information content (AvgIpc) is 3.38. The minimum Gasteiger partial charge on any atom is -0.351 e. The molecular formula is C19H26N4OS. The Morgan fingerprint density at radius 1 is 1.40 bits per heavy atom. The quantitative estimate of drug-likeness (QED) is 0.767. The SMILES string of the molecule is Cc1nc(S[C@@H](C(=O)NCc2cccnc2)C(C)C)n(C2CC2)c1C. The molecule has 1 fully saturated rings. The summed E-state index contributed by atoms with van der Waals surface area (Å²) in [6, 6.07) is 4.42. The van der Waals surface area contributed by atoms with Gasteiger partial charge in [-0.3, -0.25) is 9.78 Å². The van der Waals surface area contributed by atoms with Crippen molar-refractivity contribution in [3.8, 4) is 0 Å². The van der Waals surface area contributed by atoms with Crippen LogP contribution in [0.2, 0.25) is 0 Å². The van der Waals surface area contributed by atoms with Crippen molar-refractivity contribution in [2.75, 3.05) is 0 Å². The minimum atomic E-state index is -0.157. The van der Waals surface area contributed by atoms with E-state index in [9.17, 15) is 4.79 Å². The van der Waals surface area contributed by atoms with Gasteiger partial charge in [-0.2, -0.15) is 0 Å². The molecule has 25 heavy (non-hydrogen) atoms. The van der Waals surface area contributed by atoms with Crippen molar-refractivity contribution in [2.45, 2.75) is 63.5 Å². The smallest absolute Gasteiger partial charge is 0.234 e. The number of imidazole rings is 1. The second-order valence-electron chi connectivity index (χ2n) is 7.03. The zero-order valence-corrected chi connectivity index (χ0v) is 16.1. The van der Waals surface area contributed by atoms with E-state index in [-0.39, 0.29) is 17.1 Å². The maximum atomic E-state index is 12.8. The monoisotopic (exact) mass is 358 g/mol. The molecule has 0 spiro atoms. The van der Waals surface area contributed by atoms with Gasteiger partial charge in [-0.05, 0) is 44.2 Å². The van der Waals surface area contributed by atoms with Crippen LogP contribution >= 0.6 is 11.8 Å². The molecule has 1 N–H and O–H groups in total. The Bertz CT molecular complexity index is 737. The molecule has 0 saturated heterocycles. The molecule has 0 radical (unpaired) electrons. The summed E-state index contributed by atoms with van der Waals surface area (Å²) in [4.78, 5) is 21.6. The second kappa shape index (κ2) is 7.60. The van der Waals surface area contributed by atoms with E-state index in [1.807, 2.05) is 19.1 Å². The molecule has 0 aliphatic heterocycles. The number of nitrogens with one attached hydrogen (secondary N) is 1. The van der Waals surface area contributed by atoms with Gasteiger partial charge in [0.1, 0.15) is 0 Å². The fourth-order valence-electron chi connectivity index (χ4n) is 2.84. The van der Waals surface area contributed by atoms with Gasteiger partial charge in [0.15, 0.2) is 5.16 Å². The number of pyridine rings is 1. The van der Waals surface area contributed by atoms with Crippen LogP contribution in [0.5, 0.6) is 0 Å². The molecule has 1 amide bonds. The zero-order chi connectivity index (χ0) is 18.0. The Morgan fingerprint density at radius 2 is 2.16 bits per heavy atom. The van der Waals surface area contributed by atoms with E-state index in [0.717, 1.165) is 16.4 Å². The van der Waals surface area contributed by atoms with Gasteiger partial charge in [0, 0.05) is 30.7 Å². The standard InChI is InChI=1S/C19H26N4OS/c1-12(2)17(18(24)21-11-15-6-5-9-20-10-15)25-19-22-13(3)14(4)23(19)16-7-8-16/h5-6,9-10,12,16-17H,7-8,11H2,1-4H3,(H,21,24)/t17-/m1/s1. The molecule has 2 heterocycles. The van der Waals surface area contributed by atoms with Gasteiger partial charge in [-0.25, -0.2) is 4.98 Å². The van der Waals surface area contributed by atoms with E-state index in [2.05, 4.69) is 35.6 Å². The Balaban J connectivity index is 1.71. The van der Waals surface area contributed by atoms with Gasteiger partial charge in [0.25, 0.3) is 0 Å². The molecule has 3 rings (SSSR count). The number of hydrogen-bond donors (Lipinski definition) is 1. The number of amides is 1. The first-order chi connectivity index (χ1) is 12.0. The van der Waals surface area contributed by atoms with E-state index in [0.29, 0.717) is 12.6 Å². The van der Waals surface area contributed by atoms with Crippen LogP contribution in [0.15, 0.2) is 29.7 Å². The van der Waals surface area contributed by atoms with Gasteiger partial charge >= 0.3 is 0 Å². The first kappa shape index (κ1) is 18.0. The van der Waals surface area contributed by atoms with E-state index in [1.165, 1.54) is 18.5 Å². The largest absolute Gasteiger partial charge is 0.351 e. The summed E-state index contributed by atoms with van der Waals surface area (Å²) in [5.74, 6) is 0.286. The molecular weight excluding hydrogens is 332 g/mol. The van der Waals surface area contributed by atoms with Crippen molar-refractivity contribution in [1.82, 2.24) is 19.9 Å². The van der Waals surface area contributed by atoms with Gasteiger partial charge < -0.3 is 9.88 Å². The second-order valence-corrected chi connectivity index (χ2v) is 8.14. The number of nitrogens with zero attached hydrogens (tertiary/aromatic N) is 3. The number of rotatable bonds is 7. The summed E-state index contributed by atoms with van der Waals surface area (Å²) < 4.78 is 2.32. The minimum absolute atomic E-state index is 0.0597. The fourth-order valence-corrected chi connectivity index (χ4v) is 4.12. The maximum Gasteiger partial charge on any atom is 0.234 e. The highest BCUT2D eigenvalue weighted by Gasteiger charge is 2.32. The number of carbonyl (C=O) groups is 1. The fraction of sp³-hybridized carbons (Fsp3) is 0.526. The molecule has 6 heteroatoms. The number of hydrogen-bond acceptors (Lipinski definition) is 4. The topological polar surface area (TPSA) is 59.8 Å². The summed E-state index contributed by atoms with van der Waals surface area (Å²) in [5, 5.41) is 3.87. The molecule has 134 valence electrons. The predicted molar refractivity (Wildman–Crippen MR) is 101 cm³/mol. The summed E-state index contributed by atoms with van der Waals surface area (Å²) in [5.41, 5.74) is 3.30. The van der Waals surface area contributed by atoms with Crippen molar-refractivity contribution in [1.29, 1.82) is 0 Å². The number of aryl methyl sites for hydroxylation is 1. The molecule has 0 bridgehead atoms. The Labute approximate surface area is 153 Å². The van der Waals surface area contributed by atoms with Crippen LogP contribution in [0.1, 0.15) is 49.7 Å². The Kier molecular flexibility index (Phi) is 5.47. The van der Waals surface area contributed by atoms with Crippen LogP contribution in [0.4, 0.5) is 0 Å². The van der Waals surface area contributed by atoms with Gasteiger partial charge in [0.2, 0.25) is 5.91 Å². The van der Waals surface area contributed by atoms with Gasteiger partial charge in [-0.15, -0.1) is 0 Å². The van der Waals surface area contributed by atoms with Gasteiger partial charge in [0.05, 0.1) is 10.9 Å². The van der Waals surface area contributed by atoms with Crippen LogP contribution in [0.3, 0.4) is 0 Å². The zero-order valence-electron chi connectivity index (χ0n) is 15.3. The Hall–Kier alpha value is -1.82. The van der Waals surface area contributed by atoms with E-state index < -0.39 is 0 Å². The van der Waals surface area contributed by atoms with E-state index >= 15 is 0 Å². The first-order valence-corrected chi connectivity index (χ1v) is 9.74. The van der Waals surface area contributed by atoms with E-state index in [4.69, 9.17) is 4.98 Å². The number of carbonyl (C=O) groups excluding carboxylic acids is 1. The van der Waals surface area contributed by atoms with Crippen LogP contribution in [0.25, 0.3) is 0 Å². The van der Waals surface area contributed by atoms with Crippen LogP contribution < -0.4 is 5.32 Å². The lowest BCUT2D eigenvalue weighted by molar-refractivity contribution is -0.121. The summed E-state index contributed by atoms with van der Waals surface area (Å²) >= 11 is 1.59. The lowest BCUT2D eigenvalue weighted by Gasteiger charge is -2.20. The van der Waals surface area contributed by atoms with E-state index in [1.54, 1.807) is 24.2 Å². The van der Waals surface area contributed by atoms with Crippen LogP contribution in [0, 0.1) is 19.8 Å². The molecule has 1 saturated carbocycles. The lowest BCUT2D eigenvalue weighted by Crippen LogP contribution is -2.35. The van der Waals surface area contributed by atoms with Gasteiger partial charge in [-0.1, -0.05) is 31.7 Å². The first-order valence-electron chi connectivity index (χ1n) is 8.86. The highest BCUT2D eigenvalue weighted by Crippen LogP contribution is 2.41. The molecule has 1 aliphatic carbocycles. The lowest BCUT2D eigenvalue weighted by atomic mass is 10.1. The summed E-state index contributed by atoms with van der Waals surface area (Å²) in [7, 11) is 0. The number of thioether (sulfide) groups is 1. The number of aromatic nitrogens is 3. The third-order valence-electron chi connectivity index (χ3n) is 4.55. The molecule has 1 aliphatic rings. The molecule has 0 aromatic carbocycles. The molecule has 2 aromatic rings. The van der Waals surface area contributed by atoms with Crippen LogP contribution in [-0.4, -0.2) is 25.7 Å². The average molecular weight is 359 g/mol. The Morgan fingerprint density at radius 3 is 2.76 bits per heavy atom. The summed E-state index contributed by atoms with van der Waals surface area (Å²) in [6.45, 7) is 8.85. The molecule has 1 atom stereocenters. The predicted octanol–water partition coefficient (Wildman–Crippen LogP) is 3.66. The van der Waals surface area contributed by atoms with Crippen LogP contribution in [-0.2, 0) is 11.3 Å². The van der Waals surface area contributed by atoms with Crippen molar-refractivity contribution in [3.63, 3.8) is 0 Å². The highest BCUT2D eigenvalue weighted by molar-refractivity contribution is 8.00. The van der Waals surface area contributed by atoms with Crippen molar-refractivity contribution in [2.24, 2.45) is 5.92 Å². The molecule has 5 nitrogen and oxygen atoms in total. The molecule has 2 aromatic heterocycles. The summed E-state index contributed by atoms with van der Waals surface area (Å²) in [6.07, 6.45) is 5.94. The van der Waals surface area contributed by atoms with Crippen molar-refractivity contribution >= 4 is 17.7 Å². The third-order valence-corrected chi connectivity index (χ3v) is 6.06. The van der Waals surface area contributed by atoms with Crippen molar-refractivity contribution in [3.05, 3.63) is 41.5 Å². The normalized spacial score (nSPS) is 15.4. The van der Waals surface area contributed by atoms with Crippen molar-refractivity contribution < 1.29 is 4.79 Å².